The van der Waals surface area contributed by atoms with Gasteiger partial charge >= 0.3 is 0 Å². The molecule has 1 aliphatic rings. The molecule has 0 aliphatic carbocycles. The molecule has 0 saturated heterocycles. The van der Waals surface area contributed by atoms with Gasteiger partial charge in [-0.3, -0.25) is 4.98 Å². The number of hydrazine groups is 1. The fourth-order valence-corrected chi connectivity index (χ4v) is 1.33. The lowest BCUT2D eigenvalue weighted by Gasteiger charge is -2.22. The lowest BCUT2D eigenvalue weighted by molar-refractivity contribution is 0.381. The molecule has 0 atom stereocenters. The Morgan fingerprint density at radius 3 is 3.17 bits per heavy atom. The van der Waals surface area contributed by atoms with Crippen LogP contribution in [0.2, 0.25) is 0 Å². The number of nitrogens with zero attached hydrogens (tertiary/aromatic N) is 2. The smallest absolute Gasteiger partial charge is 0.0608 e. The van der Waals surface area contributed by atoms with Crippen LogP contribution < -0.4 is 11.6 Å². The number of hydrogen-bond donors (Lipinski definition) is 2. The Bertz CT molecular complexity index is 332. The molecule has 0 bridgehead atoms. The summed E-state index contributed by atoms with van der Waals surface area (Å²) in [4.78, 5) is 4.00. The topological polar surface area (TPSA) is 68.2 Å². The maximum Gasteiger partial charge on any atom is 0.0608 e. The van der Waals surface area contributed by atoms with Crippen molar-refractivity contribution < 1.29 is 0 Å². The summed E-state index contributed by atoms with van der Waals surface area (Å²) in [5, 5.41) is 1.55. The van der Waals surface area contributed by atoms with Crippen molar-refractivity contribution in [2.75, 3.05) is 0 Å². The molecule has 0 radical (unpaired) electrons. The van der Waals surface area contributed by atoms with Gasteiger partial charge in [-0.25, -0.2) is 5.84 Å². The highest BCUT2D eigenvalue weighted by Gasteiger charge is 2.12. The number of fused-ring (bicyclic) bond motifs is 1. The summed E-state index contributed by atoms with van der Waals surface area (Å²) in [5.74, 6) is 5.59. The molecule has 62 valence electrons. The van der Waals surface area contributed by atoms with Gasteiger partial charge in [0.25, 0.3) is 0 Å². The zero-order valence-corrected chi connectivity index (χ0v) is 6.57. The highest BCUT2D eigenvalue weighted by molar-refractivity contribution is 5.66. The number of aromatic nitrogens is 1. The van der Waals surface area contributed by atoms with Gasteiger partial charge in [-0.1, -0.05) is 0 Å². The van der Waals surface area contributed by atoms with Gasteiger partial charge in [-0.15, -0.1) is 0 Å². The quantitative estimate of drug-likeness (QED) is 0.528. The van der Waals surface area contributed by atoms with Crippen LogP contribution in [0.25, 0.3) is 5.70 Å². The Balaban J connectivity index is 2.53. The monoisotopic (exact) mass is 162 g/mol. The third-order valence-corrected chi connectivity index (χ3v) is 1.87. The molecular weight excluding hydrogens is 152 g/mol. The van der Waals surface area contributed by atoms with E-state index in [1.165, 1.54) is 0 Å². The molecule has 0 unspecified atom stereocenters. The summed E-state index contributed by atoms with van der Waals surface area (Å²) in [7, 11) is 0. The number of rotatable bonds is 0. The van der Waals surface area contributed by atoms with Crippen molar-refractivity contribution in [2.24, 2.45) is 11.6 Å². The van der Waals surface area contributed by atoms with Gasteiger partial charge in [0, 0.05) is 29.7 Å². The Morgan fingerprint density at radius 2 is 2.33 bits per heavy atom. The first-order valence-electron chi connectivity index (χ1n) is 3.69. The van der Waals surface area contributed by atoms with Gasteiger partial charge in [0.15, 0.2) is 0 Å². The van der Waals surface area contributed by atoms with E-state index in [9.17, 15) is 0 Å². The molecule has 12 heavy (non-hydrogen) atoms. The second-order valence-corrected chi connectivity index (χ2v) is 2.79. The van der Waals surface area contributed by atoms with Crippen molar-refractivity contribution >= 4 is 5.70 Å². The maximum atomic E-state index is 5.75. The summed E-state index contributed by atoms with van der Waals surface area (Å²) < 4.78 is 0. The van der Waals surface area contributed by atoms with Crippen molar-refractivity contribution in [2.45, 2.75) is 6.54 Å². The lowest BCUT2D eigenvalue weighted by atomic mass is 10.1. The largest absolute Gasteiger partial charge is 0.397 e. The van der Waals surface area contributed by atoms with Gasteiger partial charge < -0.3 is 10.7 Å². The molecule has 0 amide bonds. The lowest BCUT2D eigenvalue weighted by Crippen LogP contribution is -2.29. The molecule has 2 rings (SSSR count). The average Bonchev–Trinajstić information content (AvgIpc) is 2.04. The predicted octanol–water partition coefficient (Wildman–Crippen LogP) is 0.0280. The second-order valence-electron chi connectivity index (χ2n) is 2.79. The van der Waals surface area contributed by atoms with Crippen LogP contribution in [0.3, 0.4) is 0 Å². The van der Waals surface area contributed by atoms with Crippen LogP contribution in [0.15, 0.2) is 24.7 Å². The molecule has 4 N–H and O–H groups in total. The number of pyridine rings is 1. The zero-order valence-electron chi connectivity index (χ0n) is 6.57. The van der Waals surface area contributed by atoms with Gasteiger partial charge in [-0.05, 0) is 6.07 Å². The zero-order chi connectivity index (χ0) is 8.55. The molecule has 0 saturated carbocycles. The van der Waals surface area contributed by atoms with E-state index in [1.54, 1.807) is 23.6 Å². The average molecular weight is 162 g/mol. The fourth-order valence-electron chi connectivity index (χ4n) is 1.33. The highest BCUT2D eigenvalue weighted by Crippen LogP contribution is 2.19. The van der Waals surface area contributed by atoms with E-state index in [0.29, 0.717) is 12.2 Å². The molecule has 0 fully saturated rings. The molecule has 0 spiro atoms. The van der Waals surface area contributed by atoms with E-state index in [0.717, 1.165) is 11.1 Å². The minimum Gasteiger partial charge on any atom is -0.397 e. The van der Waals surface area contributed by atoms with Gasteiger partial charge in [0.2, 0.25) is 0 Å². The first-order chi connectivity index (χ1) is 5.77. The second kappa shape index (κ2) is 2.49. The molecule has 1 aliphatic heterocycles. The molecule has 4 heteroatoms. The fraction of sp³-hybridized carbons (Fsp3) is 0.125. The third kappa shape index (κ3) is 1.02. The SMILES string of the molecule is NC1=CN(N)Cc2cnccc21. The molecule has 4 nitrogen and oxygen atoms in total. The summed E-state index contributed by atoms with van der Waals surface area (Å²) in [6, 6.07) is 1.90. The van der Waals surface area contributed by atoms with Gasteiger partial charge in [0.05, 0.1) is 12.2 Å². The van der Waals surface area contributed by atoms with Crippen LogP contribution >= 0.6 is 0 Å². The van der Waals surface area contributed by atoms with Crippen molar-refractivity contribution in [1.82, 2.24) is 9.99 Å². The van der Waals surface area contributed by atoms with Crippen LogP contribution in [-0.2, 0) is 6.54 Å². The first kappa shape index (κ1) is 7.12. The van der Waals surface area contributed by atoms with Gasteiger partial charge in [0.1, 0.15) is 0 Å². The van der Waals surface area contributed by atoms with Crippen LogP contribution in [0.5, 0.6) is 0 Å². The van der Waals surface area contributed by atoms with Crippen molar-refractivity contribution in [3.05, 3.63) is 35.8 Å². The normalized spacial score (nSPS) is 15.4. The summed E-state index contributed by atoms with van der Waals surface area (Å²) in [6.45, 7) is 0.671. The van der Waals surface area contributed by atoms with E-state index in [1.807, 2.05) is 6.07 Å². The van der Waals surface area contributed by atoms with Gasteiger partial charge in [-0.2, -0.15) is 0 Å². The molecule has 1 aromatic rings. The first-order valence-corrected chi connectivity index (χ1v) is 3.69. The van der Waals surface area contributed by atoms with E-state index in [2.05, 4.69) is 4.98 Å². The highest BCUT2D eigenvalue weighted by atomic mass is 15.4. The van der Waals surface area contributed by atoms with Crippen LogP contribution in [0, 0.1) is 0 Å². The Kier molecular flexibility index (Phi) is 1.48. The van der Waals surface area contributed by atoms with Crippen LogP contribution in [-0.4, -0.2) is 9.99 Å². The van der Waals surface area contributed by atoms with E-state index in [4.69, 9.17) is 11.6 Å². The predicted molar refractivity (Wildman–Crippen MR) is 46.1 cm³/mol. The summed E-state index contributed by atoms with van der Waals surface area (Å²) in [5.41, 5.74) is 8.55. The summed E-state index contributed by atoms with van der Waals surface area (Å²) in [6.07, 6.45) is 5.24. The minimum atomic E-state index is 0.671. The van der Waals surface area contributed by atoms with Crippen molar-refractivity contribution in [1.29, 1.82) is 0 Å². The minimum absolute atomic E-state index is 0.671. The molecular formula is C8H10N4. The van der Waals surface area contributed by atoms with Crippen LogP contribution in [0.4, 0.5) is 0 Å². The van der Waals surface area contributed by atoms with Crippen molar-refractivity contribution in [3.63, 3.8) is 0 Å². The number of nitrogens with two attached hydrogens (primary N) is 2. The van der Waals surface area contributed by atoms with E-state index in [-0.39, 0.29) is 0 Å². The molecule has 2 heterocycles. The van der Waals surface area contributed by atoms with Crippen LogP contribution in [0.1, 0.15) is 11.1 Å². The van der Waals surface area contributed by atoms with Crippen molar-refractivity contribution in [3.8, 4) is 0 Å². The standard InChI is InChI=1S/C8H10N4/c9-8-5-12(10)4-6-3-11-2-1-7(6)8/h1-3,5H,4,9-10H2. The molecule has 1 aromatic heterocycles. The summed E-state index contributed by atoms with van der Waals surface area (Å²) >= 11 is 0. The number of hydrogen-bond acceptors (Lipinski definition) is 4. The Hall–Kier alpha value is -1.55. The maximum absolute atomic E-state index is 5.75. The third-order valence-electron chi connectivity index (χ3n) is 1.87. The van der Waals surface area contributed by atoms with E-state index >= 15 is 0 Å². The Morgan fingerprint density at radius 1 is 1.50 bits per heavy atom. The van der Waals surface area contributed by atoms with E-state index < -0.39 is 0 Å². The Labute approximate surface area is 70.5 Å². The molecule has 0 aromatic carbocycles.